The summed E-state index contributed by atoms with van der Waals surface area (Å²) in [6.07, 6.45) is 3.56. The van der Waals surface area contributed by atoms with Crippen LogP contribution >= 0.6 is 46.7 Å². The van der Waals surface area contributed by atoms with Gasteiger partial charge in [0.15, 0.2) is 5.96 Å². The second-order valence-corrected chi connectivity index (χ2v) is 7.93. The van der Waals surface area contributed by atoms with E-state index in [1.165, 1.54) is 22.6 Å². The number of aromatic nitrogens is 1. The molecule has 1 N–H and O–H groups in total. The standard InChI is InChI=1S/C17H24N4S2.HI/c1-3-18-17(21-10-4-5-11-21)19-9-8-14-6-7-16(23-14)15-12-22-13(2)20-15;/h6-7,12H,3-5,8-11H2,1-2H3,(H,18,19);1H. The normalized spacial score (nSPS) is 14.8. The first kappa shape index (κ1) is 19.7. The van der Waals surface area contributed by atoms with E-state index in [1.54, 1.807) is 11.3 Å². The number of nitrogens with one attached hydrogen (secondary N) is 1. The SMILES string of the molecule is CCNC(=NCCc1ccc(-c2csc(C)n2)s1)N1CCCC1.I. The molecule has 1 aliphatic rings. The quantitative estimate of drug-likeness (QED) is 0.395. The number of nitrogens with zero attached hydrogens (tertiary/aromatic N) is 3. The maximum atomic E-state index is 4.80. The highest BCUT2D eigenvalue weighted by molar-refractivity contribution is 14.0. The van der Waals surface area contributed by atoms with E-state index in [0.717, 1.165) is 49.3 Å². The summed E-state index contributed by atoms with van der Waals surface area (Å²) in [7, 11) is 0. The van der Waals surface area contributed by atoms with Crippen molar-refractivity contribution >= 4 is 52.6 Å². The number of rotatable bonds is 5. The van der Waals surface area contributed by atoms with E-state index in [2.05, 4.69) is 46.6 Å². The lowest BCUT2D eigenvalue weighted by Crippen LogP contribution is -2.39. The Balaban J connectivity index is 0.00000208. The fourth-order valence-electron chi connectivity index (χ4n) is 2.75. The third-order valence-electron chi connectivity index (χ3n) is 3.89. The van der Waals surface area contributed by atoms with E-state index in [-0.39, 0.29) is 24.0 Å². The lowest BCUT2D eigenvalue weighted by Gasteiger charge is -2.20. The van der Waals surface area contributed by atoms with Gasteiger partial charge >= 0.3 is 0 Å². The van der Waals surface area contributed by atoms with Gasteiger partial charge in [-0.1, -0.05) is 0 Å². The summed E-state index contributed by atoms with van der Waals surface area (Å²) >= 11 is 3.55. The molecule has 1 aliphatic heterocycles. The molecule has 132 valence electrons. The highest BCUT2D eigenvalue weighted by Crippen LogP contribution is 2.29. The van der Waals surface area contributed by atoms with Crippen molar-refractivity contribution in [1.82, 2.24) is 15.2 Å². The van der Waals surface area contributed by atoms with Gasteiger partial charge in [0.2, 0.25) is 0 Å². The first-order valence-electron chi connectivity index (χ1n) is 8.30. The Bertz CT molecular complexity index is 659. The second-order valence-electron chi connectivity index (χ2n) is 5.70. The molecule has 0 aliphatic carbocycles. The fraction of sp³-hybridized carbons (Fsp3) is 0.529. The lowest BCUT2D eigenvalue weighted by atomic mass is 10.3. The van der Waals surface area contributed by atoms with Crippen molar-refractivity contribution in [2.45, 2.75) is 33.1 Å². The van der Waals surface area contributed by atoms with E-state index in [4.69, 9.17) is 4.99 Å². The number of likely N-dealkylation sites (tertiary alicyclic amines) is 1. The third kappa shape index (κ3) is 5.16. The summed E-state index contributed by atoms with van der Waals surface area (Å²) < 4.78 is 0. The first-order chi connectivity index (χ1) is 11.3. The van der Waals surface area contributed by atoms with E-state index in [9.17, 15) is 0 Å². The summed E-state index contributed by atoms with van der Waals surface area (Å²) in [6.45, 7) is 8.23. The number of thiazole rings is 1. The van der Waals surface area contributed by atoms with Crippen LogP contribution < -0.4 is 5.32 Å². The molecule has 0 atom stereocenters. The molecule has 24 heavy (non-hydrogen) atoms. The van der Waals surface area contributed by atoms with E-state index in [0.29, 0.717) is 0 Å². The monoisotopic (exact) mass is 476 g/mol. The van der Waals surface area contributed by atoms with Crippen LogP contribution in [-0.4, -0.2) is 42.0 Å². The van der Waals surface area contributed by atoms with Crippen molar-refractivity contribution in [3.05, 3.63) is 27.4 Å². The molecule has 0 aromatic carbocycles. The van der Waals surface area contributed by atoms with Gasteiger partial charge in [0.05, 0.1) is 15.6 Å². The van der Waals surface area contributed by atoms with Crippen molar-refractivity contribution in [1.29, 1.82) is 0 Å². The van der Waals surface area contributed by atoms with Crippen LogP contribution in [0.3, 0.4) is 0 Å². The number of guanidine groups is 1. The van der Waals surface area contributed by atoms with E-state index < -0.39 is 0 Å². The third-order valence-corrected chi connectivity index (χ3v) is 5.83. The van der Waals surface area contributed by atoms with E-state index in [1.807, 2.05) is 11.3 Å². The van der Waals surface area contributed by atoms with Crippen molar-refractivity contribution in [2.24, 2.45) is 4.99 Å². The molecule has 1 fully saturated rings. The summed E-state index contributed by atoms with van der Waals surface area (Å²) in [6, 6.07) is 4.40. The molecule has 3 rings (SSSR count). The topological polar surface area (TPSA) is 40.5 Å². The van der Waals surface area contributed by atoms with Crippen LogP contribution in [-0.2, 0) is 6.42 Å². The zero-order chi connectivity index (χ0) is 16.1. The summed E-state index contributed by atoms with van der Waals surface area (Å²) in [4.78, 5) is 14.4. The minimum atomic E-state index is 0. The number of aliphatic imine (C=N–C) groups is 1. The molecular weight excluding hydrogens is 451 g/mol. The summed E-state index contributed by atoms with van der Waals surface area (Å²) in [5, 5.41) is 6.68. The van der Waals surface area contributed by atoms with Gasteiger partial charge in [-0.15, -0.1) is 46.7 Å². The van der Waals surface area contributed by atoms with Crippen molar-refractivity contribution in [3.8, 4) is 10.6 Å². The molecule has 2 aromatic rings. The molecule has 0 bridgehead atoms. The Morgan fingerprint density at radius 2 is 2.12 bits per heavy atom. The maximum Gasteiger partial charge on any atom is 0.193 e. The van der Waals surface area contributed by atoms with Crippen molar-refractivity contribution in [2.75, 3.05) is 26.2 Å². The molecule has 7 heteroatoms. The van der Waals surface area contributed by atoms with Gasteiger partial charge in [0, 0.05) is 42.9 Å². The Labute approximate surface area is 169 Å². The van der Waals surface area contributed by atoms with Gasteiger partial charge in [0.1, 0.15) is 0 Å². The number of aryl methyl sites for hydroxylation is 1. The van der Waals surface area contributed by atoms with Crippen LogP contribution in [0.5, 0.6) is 0 Å². The van der Waals surface area contributed by atoms with Crippen molar-refractivity contribution < 1.29 is 0 Å². The Morgan fingerprint density at radius 1 is 1.33 bits per heavy atom. The molecular formula is C17H25IN4S2. The molecule has 3 heterocycles. The molecule has 0 saturated carbocycles. The number of hydrogen-bond acceptors (Lipinski definition) is 4. The average Bonchev–Trinajstić information content (AvgIpc) is 3.27. The predicted molar refractivity (Wildman–Crippen MR) is 116 cm³/mol. The number of halogens is 1. The molecule has 2 aromatic heterocycles. The highest BCUT2D eigenvalue weighted by Gasteiger charge is 2.15. The largest absolute Gasteiger partial charge is 0.357 e. The van der Waals surface area contributed by atoms with Crippen LogP contribution in [0.4, 0.5) is 0 Å². The summed E-state index contributed by atoms with van der Waals surface area (Å²) in [5.41, 5.74) is 1.11. The van der Waals surface area contributed by atoms with Crippen LogP contribution in [0.25, 0.3) is 10.6 Å². The second kappa shape index (κ2) is 9.72. The first-order valence-corrected chi connectivity index (χ1v) is 10.0. The van der Waals surface area contributed by atoms with Gasteiger partial charge < -0.3 is 10.2 Å². The summed E-state index contributed by atoms with van der Waals surface area (Å²) in [5.74, 6) is 1.08. The highest BCUT2D eigenvalue weighted by atomic mass is 127. The van der Waals surface area contributed by atoms with Gasteiger partial charge in [0.25, 0.3) is 0 Å². The van der Waals surface area contributed by atoms with E-state index >= 15 is 0 Å². The van der Waals surface area contributed by atoms with Crippen LogP contribution in [0.1, 0.15) is 29.7 Å². The minimum Gasteiger partial charge on any atom is -0.357 e. The van der Waals surface area contributed by atoms with Gasteiger partial charge in [-0.05, 0) is 38.8 Å². The molecule has 0 spiro atoms. The Kier molecular flexibility index (Phi) is 7.96. The smallest absolute Gasteiger partial charge is 0.193 e. The molecule has 1 saturated heterocycles. The predicted octanol–water partition coefficient (Wildman–Crippen LogP) is 4.40. The Morgan fingerprint density at radius 3 is 2.79 bits per heavy atom. The van der Waals surface area contributed by atoms with Gasteiger partial charge in [-0.2, -0.15) is 0 Å². The van der Waals surface area contributed by atoms with Gasteiger partial charge in [-0.3, -0.25) is 4.99 Å². The molecule has 0 radical (unpaired) electrons. The number of thiophene rings is 1. The maximum absolute atomic E-state index is 4.80. The molecule has 0 amide bonds. The lowest BCUT2D eigenvalue weighted by molar-refractivity contribution is 0.494. The Hall–Kier alpha value is -0.670. The average molecular weight is 476 g/mol. The fourth-order valence-corrected chi connectivity index (χ4v) is 4.40. The minimum absolute atomic E-state index is 0. The zero-order valence-corrected chi connectivity index (χ0v) is 18.2. The van der Waals surface area contributed by atoms with Gasteiger partial charge in [-0.25, -0.2) is 4.98 Å². The zero-order valence-electron chi connectivity index (χ0n) is 14.2. The van der Waals surface area contributed by atoms with Crippen LogP contribution in [0, 0.1) is 6.92 Å². The number of hydrogen-bond donors (Lipinski definition) is 1. The van der Waals surface area contributed by atoms with Crippen LogP contribution in [0.2, 0.25) is 0 Å². The van der Waals surface area contributed by atoms with Crippen LogP contribution in [0.15, 0.2) is 22.5 Å². The molecule has 4 nitrogen and oxygen atoms in total. The molecule has 0 unspecified atom stereocenters. The van der Waals surface area contributed by atoms with Crippen molar-refractivity contribution in [3.63, 3.8) is 0 Å².